The normalized spacial score (nSPS) is 16.9. The lowest BCUT2D eigenvalue weighted by atomic mass is 9.91. The van der Waals surface area contributed by atoms with Crippen LogP contribution in [0.25, 0.3) is 0 Å². The Balaban J connectivity index is 2.10. The molecule has 20 heavy (non-hydrogen) atoms. The van der Waals surface area contributed by atoms with Crippen molar-refractivity contribution in [2.24, 2.45) is 0 Å². The number of hydrogen-bond donors (Lipinski definition) is 1. The second kappa shape index (κ2) is 7.32. The summed E-state index contributed by atoms with van der Waals surface area (Å²) < 4.78 is 28.1. The smallest absolute Gasteiger partial charge is 0.143 e. The van der Waals surface area contributed by atoms with E-state index in [0.29, 0.717) is 10.9 Å². The van der Waals surface area contributed by atoms with Crippen molar-refractivity contribution in [2.45, 2.75) is 44.6 Å². The summed E-state index contributed by atoms with van der Waals surface area (Å²) in [6, 6.07) is 2.79. The van der Waals surface area contributed by atoms with Crippen molar-refractivity contribution in [3.63, 3.8) is 0 Å². The molecule has 1 nitrogen and oxygen atoms in total. The van der Waals surface area contributed by atoms with Crippen molar-refractivity contribution in [1.82, 2.24) is 5.32 Å². The summed E-state index contributed by atoms with van der Waals surface area (Å²) in [6.45, 7) is 0. The molecule has 1 aromatic rings. The van der Waals surface area contributed by atoms with Crippen molar-refractivity contribution < 1.29 is 8.78 Å². The number of benzene rings is 1. The third-order valence-electron chi connectivity index (χ3n) is 3.89. The number of rotatable bonds is 5. The standard InChI is InChI=1S/C16H20BrF2N/c1-20-12(9-11-5-3-2-4-6-11)10-13-15(18)8-7-14(17)16(13)19/h5,7-8,12,20H,2-4,6,9-10H2,1H3. The summed E-state index contributed by atoms with van der Waals surface area (Å²) in [6.07, 6.45) is 8.23. The van der Waals surface area contributed by atoms with Crippen LogP contribution < -0.4 is 5.32 Å². The van der Waals surface area contributed by atoms with Crippen molar-refractivity contribution in [1.29, 1.82) is 0 Å². The van der Waals surface area contributed by atoms with E-state index in [2.05, 4.69) is 27.3 Å². The van der Waals surface area contributed by atoms with Gasteiger partial charge in [-0.3, -0.25) is 0 Å². The number of halogens is 3. The molecule has 1 aliphatic rings. The molecule has 110 valence electrons. The number of nitrogens with one attached hydrogen (secondary N) is 1. The molecule has 1 aliphatic carbocycles. The van der Waals surface area contributed by atoms with Crippen molar-refractivity contribution in [3.8, 4) is 0 Å². The van der Waals surface area contributed by atoms with E-state index in [-0.39, 0.29) is 11.6 Å². The summed E-state index contributed by atoms with van der Waals surface area (Å²) in [5, 5.41) is 3.18. The van der Waals surface area contributed by atoms with Crippen LogP contribution in [-0.2, 0) is 6.42 Å². The monoisotopic (exact) mass is 343 g/mol. The Labute approximate surface area is 127 Å². The highest BCUT2D eigenvalue weighted by Gasteiger charge is 2.18. The van der Waals surface area contributed by atoms with Gasteiger partial charge < -0.3 is 5.32 Å². The van der Waals surface area contributed by atoms with E-state index >= 15 is 0 Å². The minimum absolute atomic E-state index is 0.0673. The Kier molecular flexibility index (Phi) is 5.73. The molecule has 0 amide bonds. The maximum absolute atomic E-state index is 14.0. The predicted molar refractivity (Wildman–Crippen MR) is 81.8 cm³/mol. The first kappa shape index (κ1) is 15.6. The summed E-state index contributed by atoms with van der Waals surface area (Å²) >= 11 is 3.12. The van der Waals surface area contributed by atoms with Crippen LogP contribution in [0.5, 0.6) is 0 Å². The van der Waals surface area contributed by atoms with E-state index in [1.54, 1.807) is 0 Å². The molecule has 0 spiro atoms. The second-order valence-corrected chi connectivity index (χ2v) is 6.18. The van der Waals surface area contributed by atoms with E-state index in [1.807, 2.05) is 7.05 Å². The third-order valence-corrected chi connectivity index (χ3v) is 4.50. The third kappa shape index (κ3) is 3.89. The Morgan fingerprint density at radius 3 is 2.70 bits per heavy atom. The van der Waals surface area contributed by atoms with Crippen LogP contribution in [0, 0.1) is 11.6 Å². The number of likely N-dealkylation sites (N-methyl/N-ethyl adjacent to an activating group) is 1. The largest absolute Gasteiger partial charge is 0.316 e. The van der Waals surface area contributed by atoms with Crippen LogP contribution in [0.1, 0.15) is 37.7 Å². The van der Waals surface area contributed by atoms with Crippen LogP contribution in [0.2, 0.25) is 0 Å². The highest BCUT2D eigenvalue weighted by molar-refractivity contribution is 9.10. The topological polar surface area (TPSA) is 12.0 Å². The van der Waals surface area contributed by atoms with E-state index in [0.717, 1.165) is 19.3 Å². The van der Waals surface area contributed by atoms with Crippen LogP contribution in [-0.4, -0.2) is 13.1 Å². The van der Waals surface area contributed by atoms with Gasteiger partial charge in [0, 0.05) is 11.6 Å². The van der Waals surface area contributed by atoms with Gasteiger partial charge in [-0.2, -0.15) is 0 Å². The molecule has 0 heterocycles. The highest BCUT2D eigenvalue weighted by Crippen LogP contribution is 2.26. The van der Waals surface area contributed by atoms with Crippen molar-refractivity contribution in [2.75, 3.05) is 7.05 Å². The first-order valence-corrected chi connectivity index (χ1v) is 7.88. The van der Waals surface area contributed by atoms with Crippen LogP contribution in [0.15, 0.2) is 28.3 Å². The lowest BCUT2D eigenvalue weighted by Crippen LogP contribution is -2.29. The minimum Gasteiger partial charge on any atom is -0.316 e. The van der Waals surface area contributed by atoms with Gasteiger partial charge in [0.25, 0.3) is 0 Å². The summed E-state index contributed by atoms with van der Waals surface area (Å²) in [5.74, 6) is -0.952. The first-order valence-electron chi connectivity index (χ1n) is 7.09. The molecule has 1 unspecified atom stereocenters. The molecular weight excluding hydrogens is 324 g/mol. The van der Waals surface area contributed by atoms with E-state index in [4.69, 9.17) is 0 Å². The molecule has 1 atom stereocenters. The molecule has 0 saturated carbocycles. The molecule has 0 fully saturated rings. The molecule has 0 aromatic heterocycles. The molecule has 2 rings (SSSR count). The maximum Gasteiger partial charge on any atom is 0.143 e. The molecule has 1 aromatic carbocycles. The number of allylic oxidation sites excluding steroid dienone is 1. The van der Waals surface area contributed by atoms with Gasteiger partial charge in [0.1, 0.15) is 11.6 Å². The lowest BCUT2D eigenvalue weighted by molar-refractivity contribution is 0.490. The summed E-state index contributed by atoms with van der Waals surface area (Å²) in [7, 11) is 1.85. The molecule has 0 saturated heterocycles. The molecule has 0 bridgehead atoms. The number of hydrogen-bond acceptors (Lipinski definition) is 1. The van der Waals surface area contributed by atoms with E-state index < -0.39 is 11.6 Å². The minimum atomic E-state index is -0.483. The molecule has 4 heteroatoms. The summed E-state index contributed by atoms with van der Waals surface area (Å²) in [5.41, 5.74) is 1.57. The van der Waals surface area contributed by atoms with Gasteiger partial charge in [-0.1, -0.05) is 11.6 Å². The Morgan fingerprint density at radius 2 is 2.05 bits per heavy atom. The van der Waals surface area contributed by atoms with E-state index in [9.17, 15) is 8.78 Å². The van der Waals surface area contributed by atoms with Gasteiger partial charge in [0.05, 0.1) is 4.47 Å². The molecule has 0 radical (unpaired) electrons. The first-order chi connectivity index (χ1) is 9.61. The zero-order valence-corrected chi connectivity index (χ0v) is 13.3. The van der Waals surface area contributed by atoms with Gasteiger partial charge >= 0.3 is 0 Å². The van der Waals surface area contributed by atoms with Gasteiger partial charge in [-0.25, -0.2) is 8.78 Å². The average molecular weight is 344 g/mol. The van der Waals surface area contributed by atoms with Gasteiger partial charge in [0.15, 0.2) is 0 Å². The fraction of sp³-hybridized carbons (Fsp3) is 0.500. The van der Waals surface area contributed by atoms with Crippen LogP contribution in [0.3, 0.4) is 0 Å². The SMILES string of the molecule is CNC(CC1=CCCCC1)Cc1c(F)ccc(Br)c1F. The zero-order chi connectivity index (χ0) is 14.5. The second-order valence-electron chi connectivity index (χ2n) is 5.32. The highest BCUT2D eigenvalue weighted by atomic mass is 79.9. The molecule has 1 N–H and O–H groups in total. The fourth-order valence-corrected chi connectivity index (χ4v) is 3.06. The van der Waals surface area contributed by atoms with Crippen LogP contribution in [0.4, 0.5) is 8.78 Å². The van der Waals surface area contributed by atoms with Gasteiger partial charge in [-0.15, -0.1) is 0 Å². The Bertz CT molecular complexity index is 499. The Hall–Kier alpha value is -0.740. The maximum atomic E-state index is 14.0. The van der Waals surface area contributed by atoms with Gasteiger partial charge in [0.2, 0.25) is 0 Å². The lowest BCUT2D eigenvalue weighted by Gasteiger charge is -2.21. The van der Waals surface area contributed by atoms with Gasteiger partial charge in [-0.05, 0) is 73.6 Å². The Morgan fingerprint density at radius 1 is 1.25 bits per heavy atom. The average Bonchev–Trinajstić information content (AvgIpc) is 2.47. The van der Waals surface area contributed by atoms with Crippen molar-refractivity contribution in [3.05, 3.63) is 45.5 Å². The van der Waals surface area contributed by atoms with Crippen LogP contribution >= 0.6 is 15.9 Å². The molecule has 0 aliphatic heterocycles. The van der Waals surface area contributed by atoms with Crippen molar-refractivity contribution >= 4 is 15.9 Å². The molecular formula is C16H20BrF2N. The summed E-state index contributed by atoms with van der Waals surface area (Å²) in [4.78, 5) is 0. The predicted octanol–water partition coefficient (Wildman–Crippen LogP) is 4.75. The quantitative estimate of drug-likeness (QED) is 0.601. The fourth-order valence-electron chi connectivity index (χ4n) is 2.69. The van der Waals surface area contributed by atoms with E-state index in [1.165, 1.54) is 30.5 Å². The zero-order valence-electron chi connectivity index (χ0n) is 11.7.